The lowest BCUT2D eigenvalue weighted by atomic mass is 10.2. The van der Waals surface area contributed by atoms with Gasteiger partial charge in [-0.3, -0.25) is 4.79 Å². The number of nitrogens with one attached hydrogen (secondary N) is 1. The molecule has 0 saturated carbocycles. The molecule has 1 aromatic heterocycles. The number of carbonyl (C=O) groups is 1. The lowest BCUT2D eigenvalue weighted by molar-refractivity contribution is 0.100. The number of nitrogens with two attached hydrogens (primary N) is 1. The molecule has 2 rings (SSSR count). The number of benzene rings is 1. The summed E-state index contributed by atoms with van der Waals surface area (Å²) in [5.41, 5.74) is 6.67. The number of carbonyl (C=O) groups excluding carboxylic acids is 1. The third kappa shape index (κ3) is 2.61. The van der Waals surface area contributed by atoms with Crippen molar-refractivity contribution in [2.24, 2.45) is 5.73 Å². The van der Waals surface area contributed by atoms with Crippen LogP contribution in [0, 0.1) is 0 Å². The Bertz CT molecular complexity index is 462. The summed E-state index contributed by atoms with van der Waals surface area (Å²) in [6.45, 7) is 0.799. The summed E-state index contributed by atoms with van der Waals surface area (Å²) in [5.74, 6) is -0.398. The van der Waals surface area contributed by atoms with E-state index in [-0.39, 0.29) is 0 Å². The Labute approximate surface area is 97.9 Å². The van der Waals surface area contributed by atoms with Crippen molar-refractivity contribution in [1.29, 1.82) is 0 Å². The van der Waals surface area contributed by atoms with Crippen LogP contribution in [0.4, 0.5) is 5.69 Å². The summed E-state index contributed by atoms with van der Waals surface area (Å²) in [6.07, 6.45) is 0. The number of thiophene rings is 1. The predicted molar refractivity (Wildman–Crippen MR) is 66.6 cm³/mol. The van der Waals surface area contributed by atoms with Crippen molar-refractivity contribution in [1.82, 2.24) is 0 Å². The van der Waals surface area contributed by atoms with Gasteiger partial charge in [0, 0.05) is 22.7 Å². The topological polar surface area (TPSA) is 55.1 Å². The lowest BCUT2D eigenvalue weighted by Crippen LogP contribution is -2.10. The molecule has 16 heavy (non-hydrogen) atoms. The fourth-order valence-corrected chi connectivity index (χ4v) is 2.00. The molecular formula is C12H12N2OS. The molecule has 3 nitrogen and oxygen atoms in total. The van der Waals surface area contributed by atoms with Gasteiger partial charge in [-0.25, -0.2) is 0 Å². The van der Waals surface area contributed by atoms with Crippen molar-refractivity contribution in [3.63, 3.8) is 0 Å². The van der Waals surface area contributed by atoms with Crippen LogP contribution in [0.2, 0.25) is 0 Å². The number of amides is 1. The molecule has 0 aliphatic carbocycles. The van der Waals surface area contributed by atoms with Gasteiger partial charge in [-0.05, 0) is 35.7 Å². The molecule has 0 atom stereocenters. The third-order valence-corrected chi connectivity index (χ3v) is 3.09. The average molecular weight is 232 g/mol. The zero-order chi connectivity index (χ0) is 11.4. The minimum atomic E-state index is -0.398. The third-order valence-electron chi connectivity index (χ3n) is 2.22. The van der Waals surface area contributed by atoms with Crippen LogP contribution >= 0.6 is 11.3 Å². The highest BCUT2D eigenvalue weighted by Gasteiger charge is 1.99. The highest BCUT2D eigenvalue weighted by atomic mass is 32.1. The zero-order valence-electron chi connectivity index (χ0n) is 8.64. The van der Waals surface area contributed by atoms with Crippen molar-refractivity contribution in [2.45, 2.75) is 6.54 Å². The van der Waals surface area contributed by atoms with Gasteiger partial charge in [-0.2, -0.15) is 0 Å². The highest BCUT2D eigenvalue weighted by Crippen LogP contribution is 2.13. The Hall–Kier alpha value is -1.81. The number of primary amides is 1. The van der Waals surface area contributed by atoms with Gasteiger partial charge in [0.25, 0.3) is 0 Å². The molecule has 0 aliphatic rings. The molecule has 1 amide bonds. The molecule has 0 bridgehead atoms. The maximum atomic E-state index is 10.9. The molecule has 1 aromatic carbocycles. The van der Waals surface area contributed by atoms with Crippen molar-refractivity contribution < 1.29 is 4.79 Å². The summed E-state index contributed by atoms with van der Waals surface area (Å²) in [5, 5.41) is 5.32. The highest BCUT2D eigenvalue weighted by molar-refractivity contribution is 7.09. The average Bonchev–Trinajstić information content (AvgIpc) is 2.80. The lowest BCUT2D eigenvalue weighted by Gasteiger charge is -2.04. The first-order valence-corrected chi connectivity index (χ1v) is 5.80. The summed E-state index contributed by atoms with van der Waals surface area (Å²) >= 11 is 1.71. The molecule has 0 aliphatic heterocycles. The Morgan fingerprint density at radius 1 is 1.25 bits per heavy atom. The Balaban J connectivity index is 1.98. The van der Waals surface area contributed by atoms with E-state index in [1.54, 1.807) is 23.5 Å². The molecule has 82 valence electrons. The van der Waals surface area contributed by atoms with E-state index in [9.17, 15) is 4.79 Å². The zero-order valence-corrected chi connectivity index (χ0v) is 9.46. The maximum absolute atomic E-state index is 10.9. The SMILES string of the molecule is NC(=O)c1ccc(NCc2cccs2)cc1. The molecule has 2 aromatic rings. The van der Waals surface area contributed by atoms with Gasteiger partial charge in [-0.1, -0.05) is 6.07 Å². The van der Waals surface area contributed by atoms with E-state index < -0.39 is 5.91 Å². The van der Waals surface area contributed by atoms with Crippen molar-refractivity contribution >= 4 is 22.9 Å². The second-order valence-electron chi connectivity index (χ2n) is 3.37. The first-order valence-electron chi connectivity index (χ1n) is 4.92. The molecule has 0 spiro atoms. The van der Waals surface area contributed by atoms with Gasteiger partial charge in [0.05, 0.1) is 0 Å². The molecule has 0 fully saturated rings. The molecule has 4 heteroatoms. The van der Waals surface area contributed by atoms with Gasteiger partial charge < -0.3 is 11.1 Å². The summed E-state index contributed by atoms with van der Waals surface area (Å²) < 4.78 is 0. The van der Waals surface area contributed by atoms with E-state index >= 15 is 0 Å². The number of rotatable bonds is 4. The first-order chi connectivity index (χ1) is 7.75. The first kappa shape index (κ1) is 10.7. The van der Waals surface area contributed by atoms with Gasteiger partial charge >= 0.3 is 0 Å². The molecule has 0 saturated heterocycles. The molecule has 3 N–H and O–H groups in total. The normalized spacial score (nSPS) is 10.0. The van der Waals surface area contributed by atoms with Gasteiger partial charge in [-0.15, -0.1) is 11.3 Å². The fraction of sp³-hybridized carbons (Fsp3) is 0.0833. The Morgan fingerprint density at radius 3 is 2.56 bits per heavy atom. The number of hydrogen-bond donors (Lipinski definition) is 2. The van der Waals surface area contributed by atoms with Crippen LogP contribution in [0.25, 0.3) is 0 Å². The van der Waals surface area contributed by atoms with E-state index in [0.29, 0.717) is 5.56 Å². The summed E-state index contributed by atoms with van der Waals surface area (Å²) in [7, 11) is 0. The van der Waals surface area contributed by atoms with Gasteiger partial charge in [0.1, 0.15) is 0 Å². The van der Waals surface area contributed by atoms with Crippen molar-refractivity contribution in [3.05, 3.63) is 52.2 Å². The van der Waals surface area contributed by atoms with E-state index in [1.165, 1.54) is 4.88 Å². The summed E-state index contributed by atoms with van der Waals surface area (Å²) in [6, 6.07) is 11.3. The molecule has 0 radical (unpaired) electrons. The number of anilines is 1. The van der Waals surface area contributed by atoms with E-state index in [4.69, 9.17) is 5.73 Å². The fourth-order valence-electron chi connectivity index (χ4n) is 1.35. The smallest absolute Gasteiger partial charge is 0.248 e. The van der Waals surface area contributed by atoms with Crippen LogP contribution in [0.15, 0.2) is 41.8 Å². The van der Waals surface area contributed by atoms with Crippen LogP contribution in [-0.2, 0) is 6.54 Å². The van der Waals surface area contributed by atoms with Gasteiger partial charge in [0.15, 0.2) is 0 Å². The molecule has 1 heterocycles. The standard InChI is InChI=1S/C12H12N2OS/c13-12(15)9-3-5-10(6-4-9)14-8-11-2-1-7-16-11/h1-7,14H,8H2,(H2,13,15). The molecular weight excluding hydrogens is 220 g/mol. The Kier molecular flexibility index (Phi) is 3.22. The minimum absolute atomic E-state index is 0.398. The second-order valence-corrected chi connectivity index (χ2v) is 4.41. The number of hydrogen-bond acceptors (Lipinski definition) is 3. The second kappa shape index (κ2) is 4.81. The monoisotopic (exact) mass is 232 g/mol. The Morgan fingerprint density at radius 2 is 2.00 bits per heavy atom. The van der Waals surface area contributed by atoms with Crippen LogP contribution in [-0.4, -0.2) is 5.91 Å². The quantitative estimate of drug-likeness (QED) is 0.850. The van der Waals surface area contributed by atoms with E-state index in [2.05, 4.69) is 11.4 Å². The van der Waals surface area contributed by atoms with Crippen LogP contribution < -0.4 is 11.1 Å². The van der Waals surface area contributed by atoms with Crippen molar-refractivity contribution in [2.75, 3.05) is 5.32 Å². The van der Waals surface area contributed by atoms with Crippen LogP contribution in [0.3, 0.4) is 0 Å². The van der Waals surface area contributed by atoms with E-state index in [1.807, 2.05) is 23.6 Å². The maximum Gasteiger partial charge on any atom is 0.248 e. The van der Waals surface area contributed by atoms with Crippen LogP contribution in [0.1, 0.15) is 15.2 Å². The largest absolute Gasteiger partial charge is 0.380 e. The van der Waals surface area contributed by atoms with Crippen molar-refractivity contribution in [3.8, 4) is 0 Å². The minimum Gasteiger partial charge on any atom is -0.380 e. The van der Waals surface area contributed by atoms with Gasteiger partial charge in [0.2, 0.25) is 5.91 Å². The summed E-state index contributed by atoms with van der Waals surface area (Å²) in [4.78, 5) is 12.1. The van der Waals surface area contributed by atoms with Crippen LogP contribution in [0.5, 0.6) is 0 Å². The predicted octanol–water partition coefficient (Wildman–Crippen LogP) is 2.46. The molecule has 0 unspecified atom stereocenters. The van der Waals surface area contributed by atoms with E-state index in [0.717, 1.165) is 12.2 Å².